The average Bonchev–Trinajstić information content (AvgIpc) is 2.68. The summed E-state index contributed by atoms with van der Waals surface area (Å²) in [4.78, 5) is 35.7. The Morgan fingerprint density at radius 3 is 2.96 bits per heavy atom. The van der Waals surface area contributed by atoms with Gasteiger partial charge in [0, 0.05) is 6.54 Å². The van der Waals surface area contributed by atoms with Gasteiger partial charge in [-0.25, -0.2) is 4.79 Å². The average molecular weight is 372 g/mol. The van der Waals surface area contributed by atoms with Crippen LogP contribution < -0.4 is 15.4 Å². The molecule has 0 aromatic heterocycles. The van der Waals surface area contributed by atoms with E-state index in [9.17, 15) is 14.4 Å². The Hall–Kier alpha value is -2.83. The maximum absolute atomic E-state index is 12.3. The molecule has 0 saturated carbocycles. The first-order valence-corrected chi connectivity index (χ1v) is 9.26. The fraction of sp³-hybridized carbons (Fsp3) is 0.450. The quantitative estimate of drug-likeness (QED) is 0.591. The Morgan fingerprint density at radius 2 is 2.19 bits per heavy atom. The highest BCUT2D eigenvalue weighted by Gasteiger charge is 2.22. The summed E-state index contributed by atoms with van der Waals surface area (Å²) in [5.74, 6) is -0.772. The predicted octanol–water partition coefficient (Wildman–Crippen LogP) is 2.57. The standard InChI is InChI=1S/C20H24N2O5/c1-13(19(24)21-10-9-14-5-3-2-4-6-14)27-20(25)15-7-8-16-17(11-15)26-12-18(23)22-16/h5,7-8,11,13H,2-4,6,9-10,12H2,1H3,(H,21,24)(H,22,23)/t13-/m1/s1. The number of anilines is 1. The van der Waals surface area contributed by atoms with E-state index in [1.54, 1.807) is 13.0 Å². The number of allylic oxidation sites excluding steroid dienone is 1. The number of carbonyl (C=O) groups is 3. The summed E-state index contributed by atoms with van der Waals surface area (Å²) in [6, 6.07) is 4.60. The van der Waals surface area contributed by atoms with Crippen molar-refractivity contribution in [2.75, 3.05) is 18.5 Å². The molecular weight excluding hydrogens is 348 g/mol. The third-order valence-electron chi connectivity index (χ3n) is 4.63. The summed E-state index contributed by atoms with van der Waals surface area (Å²) in [6.45, 7) is 1.99. The molecule has 1 aliphatic heterocycles. The molecule has 1 aromatic carbocycles. The van der Waals surface area contributed by atoms with Gasteiger partial charge in [-0.15, -0.1) is 0 Å². The third kappa shape index (κ3) is 5.09. The van der Waals surface area contributed by atoms with Crippen LogP contribution >= 0.6 is 0 Å². The number of esters is 1. The minimum Gasteiger partial charge on any atom is -0.482 e. The molecule has 1 aliphatic carbocycles. The number of ether oxygens (including phenoxy) is 2. The number of nitrogens with one attached hydrogen (secondary N) is 2. The summed E-state index contributed by atoms with van der Waals surface area (Å²) >= 11 is 0. The van der Waals surface area contributed by atoms with E-state index >= 15 is 0 Å². The van der Waals surface area contributed by atoms with E-state index in [1.165, 1.54) is 30.5 Å². The van der Waals surface area contributed by atoms with E-state index in [-0.39, 0.29) is 24.0 Å². The molecule has 2 amide bonds. The van der Waals surface area contributed by atoms with Crippen molar-refractivity contribution >= 4 is 23.5 Å². The van der Waals surface area contributed by atoms with E-state index in [1.807, 2.05) is 0 Å². The van der Waals surface area contributed by atoms with Gasteiger partial charge in [-0.2, -0.15) is 0 Å². The molecule has 1 aromatic rings. The van der Waals surface area contributed by atoms with E-state index in [0.29, 0.717) is 18.0 Å². The molecule has 1 atom stereocenters. The lowest BCUT2D eigenvalue weighted by Gasteiger charge is -2.19. The van der Waals surface area contributed by atoms with E-state index in [2.05, 4.69) is 16.7 Å². The summed E-state index contributed by atoms with van der Waals surface area (Å²) < 4.78 is 10.5. The van der Waals surface area contributed by atoms with E-state index in [0.717, 1.165) is 19.3 Å². The van der Waals surface area contributed by atoms with Gasteiger partial charge in [0.15, 0.2) is 12.7 Å². The highest BCUT2D eigenvalue weighted by molar-refractivity contribution is 5.98. The van der Waals surface area contributed by atoms with Crippen molar-refractivity contribution < 1.29 is 23.9 Å². The molecule has 0 bridgehead atoms. The van der Waals surface area contributed by atoms with Gasteiger partial charge in [-0.3, -0.25) is 9.59 Å². The van der Waals surface area contributed by atoms with Crippen LogP contribution in [0.5, 0.6) is 5.75 Å². The van der Waals surface area contributed by atoms with Crippen LogP contribution in [0.3, 0.4) is 0 Å². The van der Waals surface area contributed by atoms with Gasteiger partial charge in [-0.1, -0.05) is 11.6 Å². The fourth-order valence-electron chi connectivity index (χ4n) is 3.11. The third-order valence-corrected chi connectivity index (χ3v) is 4.63. The highest BCUT2D eigenvalue weighted by atomic mass is 16.5. The van der Waals surface area contributed by atoms with Crippen LogP contribution in [0.4, 0.5) is 5.69 Å². The minimum atomic E-state index is -0.894. The number of amides is 2. The number of benzene rings is 1. The number of rotatable bonds is 6. The van der Waals surface area contributed by atoms with Crippen LogP contribution in [0.2, 0.25) is 0 Å². The molecule has 2 N–H and O–H groups in total. The van der Waals surface area contributed by atoms with Crippen molar-refractivity contribution in [3.8, 4) is 5.75 Å². The molecule has 144 valence electrons. The lowest BCUT2D eigenvalue weighted by molar-refractivity contribution is -0.129. The van der Waals surface area contributed by atoms with Crippen molar-refractivity contribution in [1.29, 1.82) is 0 Å². The van der Waals surface area contributed by atoms with E-state index < -0.39 is 12.1 Å². The second-order valence-corrected chi connectivity index (χ2v) is 6.74. The lowest BCUT2D eigenvalue weighted by atomic mass is 9.97. The van der Waals surface area contributed by atoms with Crippen molar-refractivity contribution in [3.05, 3.63) is 35.4 Å². The molecule has 0 unspecified atom stereocenters. The molecule has 0 spiro atoms. The van der Waals surface area contributed by atoms with Crippen molar-refractivity contribution in [2.45, 2.75) is 45.1 Å². The van der Waals surface area contributed by atoms with Gasteiger partial charge in [-0.05, 0) is 57.2 Å². The Kier molecular flexibility index (Phi) is 6.11. The second-order valence-electron chi connectivity index (χ2n) is 6.74. The summed E-state index contributed by atoms with van der Waals surface area (Å²) in [5, 5.41) is 5.46. The number of hydrogen-bond acceptors (Lipinski definition) is 5. The molecule has 2 aliphatic rings. The first-order chi connectivity index (χ1) is 13.0. The van der Waals surface area contributed by atoms with Gasteiger partial charge in [0.25, 0.3) is 11.8 Å². The molecule has 0 fully saturated rings. The topological polar surface area (TPSA) is 93.7 Å². The maximum Gasteiger partial charge on any atom is 0.339 e. The molecule has 0 radical (unpaired) electrons. The van der Waals surface area contributed by atoms with Crippen molar-refractivity contribution in [1.82, 2.24) is 5.32 Å². The largest absolute Gasteiger partial charge is 0.482 e. The molecule has 27 heavy (non-hydrogen) atoms. The Balaban J connectivity index is 1.48. The van der Waals surface area contributed by atoms with E-state index in [4.69, 9.17) is 9.47 Å². The SMILES string of the molecule is C[C@@H](OC(=O)c1ccc2c(c1)OCC(=O)N2)C(=O)NCCC1=CCCCC1. The van der Waals surface area contributed by atoms with Gasteiger partial charge >= 0.3 is 5.97 Å². The molecule has 7 heteroatoms. The maximum atomic E-state index is 12.3. The molecule has 7 nitrogen and oxygen atoms in total. The van der Waals surface area contributed by atoms with Crippen LogP contribution in [-0.2, 0) is 14.3 Å². The fourth-order valence-corrected chi connectivity index (χ4v) is 3.11. The number of carbonyl (C=O) groups excluding carboxylic acids is 3. The first-order valence-electron chi connectivity index (χ1n) is 9.26. The zero-order valence-corrected chi connectivity index (χ0v) is 15.4. The predicted molar refractivity (Wildman–Crippen MR) is 99.6 cm³/mol. The monoisotopic (exact) mass is 372 g/mol. The summed E-state index contributed by atoms with van der Waals surface area (Å²) in [5.41, 5.74) is 2.15. The van der Waals surface area contributed by atoms with Gasteiger partial charge in [0.1, 0.15) is 5.75 Å². The summed E-state index contributed by atoms with van der Waals surface area (Å²) in [7, 11) is 0. The van der Waals surface area contributed by atoms with Crippen LogP contribution in [0.1, 0.15) is 49.4 Å². The molecule has 0 saturated heterocycles. The molecular formula is C20H24N2O5. The number of hydrogen-bond donors (Lipinski definition) is 2. The van der Waals surface area contributed by atoms with Crippen molar-refractivity contribution in [2.24, 2.45) is 0 Å². The minimum absolute atomic E-state index is 0.0965. The lowest BCUT2D eigenvalue weighted by Crippen LogP contribution is -2.36. The summed E-state index contributed by atoms with van der Waals surface area (Å²) in [6.07, 6.45) is 6.85. The van der Waals surface area contributed by atoms with Crippen LogP contribution in [-0.4, -0.2) is 37.0 Å². The Morgan fingerprint density at radius 1 is 1.33 bits per heavy atom. The molecule has 3 rings (SSSR count). The van der Waals surface area contributed by atoms with Crippen molar-refractivity contribution in [3.63, 3.8) is 0 Å². The van der Waals surface area contributed by atoms with Gasteiger partial charge in [0.2, 0.25) is 0 Å². The number of fused-ring (bicyclic) bond motifs is 1. The highest BCUT2D eigenvalue weighted by Crippen LogP contribution is 2.28. The molecule has 1 heterocycles. The van der Waals surface area contributed by atoms with Crippen LogP contribution in [0, 0.1) is 0 Å². The first kappa shape index (κ1) is 18.9. The van der Waals surface area contributed by atoms with Gasteiger partial charge in [0.05, 0.1) is 11.3 Å². The second kappa shape index (κ2) is 8.70. The smallest absolute Gasteiger partial charge is 0.339 e. The van der Waals surface area contributed by atoms with Gasteiger partial charge < -0.3 is 20.1 Å². The Labute approximate surface area is 158 Å². The zero-order chi connectivity index (χ0) is 19.2. The zero-order valence-electron chi connectivity index (χ0n) is 15.4. The normalized spacial score (nSPS) is 16.9. The Bertz CT molecular complexity index is 772. The van der Waals surface area contributed by atoms with Crippen LogP contribution in [0.25, 0.3) is 0 Å². The van der Waals surface area contributed by atoms with Crippen LogP contribution in [0.15, 0.2) is 29.8 Å².